The summed E-state index contributed by atoms with van der Waals surface area (Å²) in [6, 6.07) is 4.26. The Morgan fingerprint density at radius 2 is 2.07 bits per heavy atom. The number of halogens is 4. The Morgan fingerprint density at radius 3 is 2.64 bits per heavy atom. The van der Waals surface area contributed by atoms with Gasteiger partial charge in [-0.15, -0.1) is 0 Å². The van der Waals surface area contributed by atoms with E-state index in [0.29, 0.717) is 6.20 Å². The van der Waals surface area contributed by atoms with E-state index in [2.05, 4.69) is 10.3 Å². The van der Waals surface area contributed by atoms with Crippen LogP contribution in [0.3, 0.4) is 0 Å². The fraction of sp³-hybridized carbons (Fsp3) is 0.235. The van der Waals surface area contributed by atoms with Gasteiger partial charge in [-0.25, -0.2) is 14.2 Å². The van der Waals surface area contributed by atoms with E-state index in [1.54, 1.807) is 0 Å². The fourth-order valence-corrected chi connectivity index (χ4v) is 2.35. The summed E-state index contributed by atoms with van der Waals surface area (Å²) < 4.78 is 61.7. The van der Waals surface area contributed by atoms with E-state index in [0.717, 1.165) is 29.2 Å². The Bertz CT molecular complexity index is 902. The normalized spacial score (nSPS) is 16.7. The number of amides is 2. The second-order valence-electron chi connectivity index (χ2n) is 5.82. The van der Waals surface area contributed by atoms with E-state index < -0.39 is 35.6 Å². The maximum Gasteiger partial charge on any atom is 0.417 e. The Hall–Kier alpha value is -3.37. The predicted molar refractivity (Wildman–Crippen MR) is 87.2 cm³/mol. The first kappa shape index (κ1) is 19.4. The number of ether oxygens (including phenoxy) is 2. The third-order valence-corrected chi connectivity index (χ3v) is 3.90. The smallest absolute Gasteiger partial charge is 0.417 e. The van der Waals surface area contributed by atoms with E-state index in [4.69, 9.17) is 9.47 Å². The number of pyridine rings is 1. The number of hydrogen-bond acceptors (Lipinski definition) is 5. The van der Waals surface area contributed by atoms with Gasteiger partial charge in [-0.2, -0.15) is 13.2 Å². The van der Waals surface area contributed by atoms with Gasteiger partial charge >= 0.3 is 12.3 Å². The molecule has 0 aliphatic carbocycles. The van der Waals surface area contributed by atoms with Crippen LogP contribution in [0.15, 0.2) is 36.5 Å². The van der Waals surface area contributed by atoms with Crippen molar-refractivity contribution in [2.75, 3.05) is 19.0 Å². The van der Waals surface area contributed by atoms with Crippen LogP contribution < -0.4 is 10.1 Å². The third kappa shape index (κ3) is 4.13. The molecule has 1 aromatic heterocycles. The van der Waals surface area contributed by atoms with Crippen molar-refractivity contribution >= 4 is 17.7 Å². The molecule has 1 aromatic carbocycles. The molecule has 1 aliphatic rings. The molecule has 28 heavy (non-hydrogen) atoms. The lowest BCUT2D eigenvalue weighted by Gasteiger charge is -2.16. The monoisotopic (exact) mass is 399 g/mol. The first-order chi connectivity index (χ1) is 13.1. The van der Waals surface area contributed by atoms with Gasteiger partial charge in [-0.05, 0) is 18.2 Å². The molecule has 1 N–H and O–H groups in total. The molecule has 3 rings (SSSR count). The van der Waals surface area contributed by atoms with Crippen LogP contribution in [0, 0.1) is 5.82 Å². The molecule has 148 valence electrons. The van der Waals surface area contributed by atoms with Crippen molar-refractivity contribution in [2.24, 2.45) is 0 Å². The van der Waals surface area contributed by atoms with Crippen molar-refractivity contribution in [2.45, 2.75) is 12.2 Å². The molecular formula is C17H13F4N3O4. The van der Waals surface area contributed by atoms with Crippen LogP contribution in [0.1, 0.15) is 5.56 Å². The molecular weight excluding hydrogens is 386 g/mol. The van der Waals surface area contributed by atoms with Gasteiger partial charge in [0.15, 0.2) is 0 Å². The van der Waals surface area contributed by atoms with Crippen molar-refractivity contribution in [1.29, 1.82) is 0 Å². The van der Waals surface area contributed by atoms with E-state index in [9.17, 15) is 27.2 Å². The zero-order chi connectivity index (χ0) is 20.5. The maximum absolute atomic E-state index is 14.0. The highest BCUT2D eigenvalue weighted by atomic mass is 19.4. The molecule has 7 nitrogen and oxygen atoms in total. The van der Waals surface area contributed by atoms with Crippen LogP contribution in [0.25, 0.3) is 0 Å². The van der Waals surface area contributed by atoms with E-state index >= 15 is 0 Å². The Balaban J connectivity index is 1.73. The molecule has 1 saturated heterocycles. The molecule has 2 aromatic rings. The van der Waals surface area contributed by atoms with Gasteiger partial charge in [-0.1, -0.05) is 0 Å². The second kappa shape index (κ2) is 7.33. The second-order valence-corrected chi connectivity index (χ2v) is 5.82. The van der Waals surface area contributed by atoms with Crippen LogP contribution in [0.4, 0.5) is 28.0 Å². The number of benzene rings is 1. The summed E-state index contributed by atoms with van der Waals surface area (Å²) in [5.74, 6) is -1.55. The van der Waals surface area contributed by atoms with E-state index in [1.807, 2.05) is 0 Å². The third-order valence-electron chi connectivity index (χ3n) is 3.90. The molecule has 0 radical (unpaired) electrons. The number of likely N-dealkylation sites (N-methyl/N-ethyl adjacent to an activating group) is 1. The summed E-state index contributed by atoms with van der Waals surface area (Å²) in [6.45, 7) is -0.172. The Kier molecular flexibility index (Phi) is 5.08. The number of cyclic esters (lactones) is 1. The summed E-state index contributed by atoms with van der Waals surface area (Å²) >= 11 is 0. The van der Waals surface area contributed by atoms with Crippen LogP contribution in [-0.2, 0) is 15.7 Å². The zero-order valence-electron chi connectivity index (χ0n) is 14.3. The minimum absolute atomic E-state index is 0.0380. The van der Waals surface area contributed by atoms with Gasteiger partial charge in [0.25, 0.3) is 5.91 Å². The number of carbonyl (C=O) groups is 2. The lowest BCUT2D eigenvalue weighted by molar-refractivity contribution is -0.137. The highest BCUT2D eigenvalue weighted by Crippen LogP contribution is 2.31. The largest absolute Gasteiger partial charge is 0.447 e. The zero-order valence-corrected chi connectivity index (χ0v) is 14.3. The van der Waals surface area contributed by atoms with Crippen LogP contribution in [0.5, 0.6) is 11.6 Å². The molecule has 1 aliphatic heterocycles. The quantitative estimate of drug-likeness (QED) is 0.797. The fourth-order valence-electron chi connectivity index (χ4n) is 2.35. The van der Waals surface area contributed by atoms with Gasteiger partial charge in [0.2, 0.25) is 5.88 Å². The lowest BCUT2D eigenvalue weighted by atomic mass is 10.2. The number of anilines is 1. The number of alkyl halides is 3. The average Bonchev–Trinajstić information content (AvgIpc) is 2.97. The van der Waals surface area contributed by atoms with E-state index in [1.165, 1.54) is 13.1 Å². The van der Waals surface area contributed by atoms with Crippen molar-refractivity contribution < 1.29 is 36.6 Å². The van der Waals surface area contributed by atoms with Crippen molar-refractivity contribution in [3.8, 4) is 11.6 Å². The minimum atomic E-state index is -4.53. The van der Waals surface area contributed by atoms with Crippen LogP contribution in [-0.4, -0.2) is 41.6 Å². The first-order valence-electron chi connectivity index (χ1n) is 7.86. The number of nitrogens with zero attached hydrogens (tertiary/aromatic N) is 2. The van der Waals surface area contributed by atoms with Gasteiger partial charge < -0.3 is 14.8 Å². The minimum Gasteiger partial charge on any atom is -0.447 e. The molecule has 0 saturated carbocycles. The van der Waals surface area contributed by atoms with Gasteiger partial charge in [0.1, 0.15) is 24.2 Å². The molecule has 0 spiro atoms. The van der Waals surface area contributed by atoms with Gasteiger partial charge in [-0.3, -0.25) is 9.69 Å². The molecule has 1 fully saturated rings. The highest BCUT2D eigenvalue weighted by Gasteiger charge is 2.35. The topological polar surface area (TPSA) is 80.8 Å². The first-order valence-corrected chi connectivity index (χ1v) is 7.86. The number of hydrogen-bond donors (Lipinski definition) is 1. The van der Waals surface area contributed by atoms with E-state index in [-0.39, 0.29) is 23.9 Å². The molecule has 0 bridgehead atoms. The maximum atomic E-state index is 14.0. The van der Waals surface area contributed by atoms with Crippen molar-refractivity contribution in [3.63, 3.8) is 0 Å². The average molecular weight is 399 g/mol. The summed E-state index contributed by atoms with van der Waals surface area (Å²) in [5, 5.41) is 2.32. The van der Waals surface area contributed by atoms with Crippen molar-refractivity contribution in [1.82, 2.24) is 9.88 Å². The summed E-state index contributed by atoms with van der Waals surface area (Å²) in [6.07, 6.45) is -4.60. The van der Waals surface area contributed by atoms with Crippen LogP contribution in [0.2, 0.25) is 0 Å². The molecule has 2 heterocycles. The Morgan fingerprint density at radius 1 is 1.32 bits per heavy atom. The number of aromatic nitrogens is 1. The standard InChI is InChI=1S/C17H13F4N3O4/c1-24-13(8-27-16(24)26)15(25)23-12-6-10(3-4-11(12)18)28-14-5-2-9(7-22-14)17(19,20)21/h2-7,13H,8H2,1H3,(H,23,25)/t13-/m1/s1. The Labute approximate surface area is 155 Å². The number of nitrogens with one attached hydrogen (secondary N) is 1. The van der Waals surface area contributed by atoms with Gasteiger partial charge in [0.05, 0.1) is 11.3 Å². The highest BCUT2D eigenvalue weighted by molar-refractivity contribution is 5.97. The summed E-state index contributed by atoms with van der Waals surface area (Å²) in [7, 11) is 1.37. The summed E-state index contributed by atoms with van der Waals surface area (Å²) in [5.41, 5.74) is -1.17. The molecule has 0 unspecified atom stereocenters. The van der Waals surface area contributed by atoms with Crippen LogP contribution >= 0.6 is 0 Å². The number of carbonyl (C=O) groups excluding carboxylic acids is 2. The van der Waals surface area contributed by atoms with Gasteiger partial charge in [0, 0.05) is 25.4 Å². The number of rotatable bonds is 4. The summed E-state index contributed by atoms with van der Waals surface area (Å²) in [4.78, 5) is 28.1. The molecule has 2 amide bonds. The predicted octanol–water partition coefficient (Wildman–Crippen LogP) is 3.42. The lowest BCUT2D eigenvalue weighted by Crippen LogP contribution is -2.40. The molecule has 11 heteroatoms. The molecule has 1 atom stereocenters. The SMILES string of the molecule is CN1C(=O)OC[C@@H]1C(=O)Nc1cc(Oc2ccc(C(F)(F)F)cn2)ccc1F. The van der Waals surface area contributed by atoms with Crippen molar-refractivity contribution in [3.05, 3.63) is 47.9 Å².